The zero-order valence-electron chi connectivity index (χ0n) is 18.4. The molecule has 3 heterocycles. The SMILES string of the molecule is Cc1noc(C)c1C(=O)N1CCN(Cc2ccc(C(=O)NCc3ccc(Cl)cc3Cl)s2)CC1. The molecule has 1 aliphatic heterocycles. The number of carbonyl (C=O) groups excluding carboxylic acids is 2. The van der Waals surface area contributed by atoms with Gasteiger partial charge in [0.25, 0.3) is 11.8 Å². The summed E-state index contributed by atoms with van der Waals surface area (Å²) in [6.45, 7) is 7.45. The molecule has 0 unspecified atom stereocenters. The Bertz CT molecular complexity index is 1150. The van der Waals surface area contributed by atoms with E-state index in [1.54, 1.807) is 32.0 Å². The second-order valence-corrected chi connectivity index (χ2v) is 9.96. The molecule has 0 spiro atoms. The summed E-state index contributed by atoms with van der Waals surface area (Å²) in [5.41, 5.74) is 2.01. The van der Waals surface area contributed by atoms with Crippen molar-refractivity contribution in [2.24, 2.45) is 0 Å². The number of benzene rings is 1. The normalized spacial score (nSPS) is 14.5. The summed E-state index contributed by atoms with van der Waals surface area (Å²) in [6, 6.07) is 9.04. The molecule has 1 N–H and O–H groups in total. The molecule has 1 aliphatic rings. The molecule has 7 nitrogen and oxygen atoms in total. The molecule has 0 saturated carbocycles. The number of piperazine rings is 1. The maximum absolute atomic E-state index is 12.8. The number of hydrogen-bond donors (Lipinski definition) is 1. The zero-order chi connectivity index (χ0) is 23.5. The first-order chi connectivity index (χ1) is 15.8. The Balaban J connectivity index is 1.27. The van der Waals surface area contributed by atoms with Crippen LogP contribution in [0.15, 0.2) is 34.9 Å². The summed E-state index contributed by atoms with van der Waals surface area (Å²) in [5.74, 6) is 0.400. The number of aryl methyl sites for hydroxylation is 2. The monoisotopic (exact) mass is 506 g/mol. The lowest BCUT2D eigenvalue weighted by atomic mass is 10.1. The molecule has 3 aromatic rings. The Morgan fingerprint density at radius 3 is 2.55 bits per heavy atom. The molecule has 2 aromatic heterocycles. The average molecular weight is 507 g/mol. The Morgan fingerprint density at radius 1 is 1.12 bits per heavy atom. The smallest absolute Gasteiger partial charge is 0.261 e. The van der Waals surface area contributed by atoms with Crippen molar-refractivity contribution < 1.29 is 14.1 Å². The number of nitrogens with zero attached hydrogens (tertiary/aromatic N) is 3. The minimum Gasteiger partial charge on any atom is -0.361 e. The lowest BCUT2D eigenvalue weighted by Crippen LogP contribution is -2.48. The predicted octanol–water partition coefficient (Wildman–Crippen LogP) is 4.55. The van der Waals surface area contributed by atoms with Crippen LogP contribution < -0.4 is 5.32 Å². The first kappa shape index (κ1) is 23.8. The van der Waals surface area contributed by atoms with Crippen molar-refractivity contribution in [1.29, 1.82) is 0 Å². The molecule has 0 aliphatic carbocycles. The van der Waals surface area contributed by atoms with E-state index in [4.69, 9.17) is 27.7 Å². The summed E-state index contributed by atoms with van der Waals surface area (Å²) in [5, 5.41) is 7.88. The summed E-state index contributed by atoms with van der Waals surface area (Å²) in [4.78, 5) is 31.2. The van der Waals surface area contributed by atoms with Crippen molar-refractivity contribution in [3.05, 3.63) is 72.7 Å². The van der Waals surface area contributed by atoms with Gasteiger partial charge in [-0.15, -0.1) is 11.3 Å². The summed E-state index contributed by atoms with van der Waals surface area (Å²) in [6.07, 6.45) is 0. The Labute approximate surface area is 206 Å². The van der Waals surface area contributed by atoms with Crippen LogP contribution in [0.25, 0.3) is 0 Å². The lowest BCUT2D eigenvalue weighted by Gasteiger charge is -2.34. The second kappa shape index (κ2) is 10.3. The fraction of sp³-hybridized carbons (Fsp3) is 0.348. The van der Waals surface area contributed by atoms with Gasteiger partial charge >= 0.3 is 0 Å². The van der Waals surface area contributed by atoms with Crippen LogP contribution in [0.4, 0.5) is 0 Å². The molecular weight excluding hydrogens is 483 g/mol. The molecule has 174 valence electrons. The molecule has 1 saturated heterocycles. The van der Waals surface area contributed by atoms with E-state index in [2.05, 4.69) is 15.4 Å². The summed E-state index contributed by atoms with van der Waals surface area (Å²) >= 11 is 13.6. The van der Waals surface area contributed by atoms with Crippen molar-refractivity contribution >= 4 is 46.4 Å². The number of carbonyl (C=O) groups is 2. The molecule has 10 heteroatoms. The second-order valence-electron chi connectivity index (χ2n) is 7.95. The highest BCUT2D eigenvalue weighted by molar-refractivity contribution is 7.14. The maximum atomic E-state index is 12.8. The number of amides is 2. The van der Waals surface area contributed by atoms with Gasteiger partial charge in [-0.05, 0) is 43.7 Å². The van der Waals surface area contributed by atoms with Crippen molar-refractivity contribution in [2.75, 3.05) is 26.2 Å². The third-order valence-corrected chi connectivity index (χ3v) is 7.28. The van der Waals surface area contributed by atoms with Crippen LogP contribution >= 0.6 is 34.5 Å². The van der Waals surface area contributed by atoms with Crippen LogP contribution in [0.5, 0.6) is 0 Å². The fourth-order valence-electron chi connectivity index (χ4n) is 3.79. The molecule has 2 amide bonds. The van der Waals surface area contributed by atoms with E-state index in [1.165, 1.54) is 11.3 Å². The van der Waals surface area contributed by atoms with Gasteiger partial charge in [-0.3, -0.25) is 14.5 Å². The van der Waals surface area contributed by atoms with Crippen LogP contribution in [0.3, 0.4) is 0 Å². The molecule has 1 fully saturated rings. The van der Waals surface area contributed by atoms with Crippen LogP contribution in [-0.4, -0.2) is 52.9 Å². The Morgan fingerprint density at radius 2 is 1.88 bits per heavy atom. The first-order valence-corrected chi connectivity index (χ1v) is 12.1. The molecule has 1 aromatic carbocycles. The number of thiophene rings is 1. The van der Waals surface area contributed by atoms with E-state index in [-0.39, 0.29) is 11.8 Å². The third kappa shape index (κ3) is 5.58. The van der Waals surface area contributed by atoms with Crippen molar-refractivity contribution in [3.8, 4) is 0 Å². The van der Waals surface area contributed by atoms with Crippen LogP contribution in [-0.2, 0) is 13.1 Å². The van der Waals surface area contributed by atoms with Crippen molar-refractivity contribution in [1.82, 2.24) is 20.3 Å². The van der Waals surface area contributed by atoms with Crippen molar-refractivity contribution in [2.45, 2.75) is 26.9 Å². The maximum Gasteiger partial charge on any atom is 0.261 e. The van der Waals surface area contributed by atoms with Crippen LogP contribution in [0.2, 0.25) is 10.0 Å². The summed E-state index contributed by atoms with van der Waals surface area (Å²) < 4.78 is 5.13. The van der Waals surface area contributed by atoms with E-state index in [0.717, 1.165) is 30.1 Å². The third-order valence-electron chi connectivity index (χ3n) is 5.63. The minimum absolute atomic E-state index is 0.0261. The largest absolute Gasteiger partial charge is 0.361 e. The molecule has 4 rings (SSSR count). The van der Waals surface area contributed by atoms with Gasteiger partial charge in [0.1, 0.15) is 11.3 Å². The number of aromatic nitrogens is 1. The quantitative estimate of drug-likeness (QED) is 0.530. The highest BCUT2D eigenvalue weighted by Crippen LogP contribution is 2.23. The Hall–Kier alpha value is -2.39. The fourth-order valence-corrected chi connectivity index (χ4v) is 5.23. The van der Waals surface area contributed by atoms with Gasteiger partial charge in [-0.1, -0.05) is 34.4 Å². The van der Waals surface area contributed by atoms with E-state index in [9.17, 15) is 9.59 Å². The predicted molar refractivity (Wildman–Crippen MR) is 129 cm³/mol. The standard InChI is InChI=1S/C23H24Cl2N4O3S/c1-14-21(15(2)32-27-14)23(31)29-9-7-28(8-10-29)13-18-5-6-20(33-18)22(30)26-12-16-3-4-17(24)11-19(16)25/h3-6,11H,7-10,12-13H2,1-2H3,(H,26,30). The molecule has 0 radical (unpaired) electrons. The Kier molecular flexibility index (Phi) is 7.38. The van der Waals surface area contributed by atoms with E-state index in [1.807, 2.05) is 17.0 Å². The van der Waals surface area contributed by atoms with Crippen molar-refractivity contribution in [3.63, 3.8) is 0 Å². The number of hydrogen-bond acceptors (Lipinski definition) is 6. The number of halogens is 2. The van der Waals surface area contributed by atoms with Gasteiger partial charge in [0.05, 0.1) is 10.6 Å². The van der Waals surface area contributed by atoms with Gasteiger partial charge in [0.2, 0.25) is 0 Å². The van der Waals surface area contributed by atoms with Gasteiger partial charge < -0.3 is 14.7 Å². The first-order valence-electron chi connectivity index (χ1n) is 10.6. The van der Waals surface area contributed by atoms with Gasteiger partial charge in [0.15, 0.2) is 0 Å². The van der Waals surface area contributed by atoms with E-state index < -0.39 is 0 Å². The number of nitrogens with one attached hydrogen (secondary N) is 1. The molecular formula is C23H24Cl2N4O3S. The van der Waals surface area contributed by atoms with Gasteiger partial charge in [0, 0.05) is 54.2 Å². The minimum atomic E-state index is -0.132. The topological polar surface area (TPSA) is 78.7 Å². The molecule has 33 heavy (non-hydrogen) atoms. The number of rotatable bonds is 6. The van der Waals surface area contributed by atoms with E-state index in [0.29, 0.717) is 51.6 Å². The van der Waals surface area contributed by atoms with Gasteiger partial charge in [-0.2, -0.15) is 0 Å². The van der Waals surface area contributed by atoms with Crippen LogP contribution in [0.1, 0.15) is 41.9 Å². The highest BCUT2D eigenvalue weighted by Gasteiger charge is 2.27. The summed E-state index contributed by atoms with van der Waals surface area (Å²) in [7, 11) is 0. The highest BCUT2D eigenvalue weighted by atomic mass is 35.5. The molecule has 0 bridgehead atoms. The van der Waals surface area contributed by atoms with Gasteiger partial charge in [-0.25, -0.2) is 0 Å². The zero-order valence-corrected chi connectivity index (χ0v) is 20.7. The lowest BCUT2D eigenvalue weighted by molar-refractivity contribution is 0.0627. The molecule has 0 atom stereocenters. The average Bonchev–Trinajstić information content (AvgIpc) is 3.39. The van der Waals surface area contributed by atoms with E-state index >= 15 is 0 Å². The van der Waals surface area contributed by atoms with Crippen LogP contribution in [0, 0.1) is 13.8 Å².